The maximum Gasteiger partial charge on any atom is 0.337 e. The van der Waals surface area contributed by atoms with Crippen LogP contribution in [0.25, 0.3) is 0 Å². The minimum absolute atomic E-state index is 0.380. The molecule has 0 aliphatic rings. The van der Waals surface area contributed by atoms with Crippen molar-refractivity contribution in [1.82, 2.24) is 4.98 Å². The van der Waals surface area contributed by atoms with Gasteiger partial charge in [-0.1, -0.05) is 0 Å². The van der Waals surface area contributed by atoms with E-state index in [-0.39, 0.29) is 5.97 Å². The average molecular weight is 332 g/mol. The van der Waals surface area contributed by atoms with E-state index in [0.717, 1.165) is 5.69 Å². The third-order valence-electron chi connectivity index (χ3n) is 2.54. The number of ether oxygens (including phenoxy) is 1. The van der Waals surface area contributed by atoms with E-state index in [1.54, 1.807) is 30.3 Å². The smallest absolute Gasteiger partial charge is 0.337 e. The van der Waals surface area contributed by atoms with Gasteiger partial charge in [0, 0.05) is 11.9 Å². The van der Waals surface area contributed by atoms with Crippen molar-refractivity contribution >= 4 is 33.4 Å². The summed E-state index contributed by atoms with van der Waals surface area (Å²) in [7, 11) is 1.34. The summed E-state index contributed by atoms with van der Waals surface area (Å²) in [6, 6.07) is 10.5. The van der Waals surface area contributed by atoms with Crippen molar-refractivity contribution in [1.29, 1.82) is 5.26 Å². The second kappa shape index (κ2) is 6.17. The molecule has 1 aromatic carbocycles. The van der Waals surface area contributed by atoms with Crippen LogP contribution in [0.2, 0.25) is 0 Å². The predicted octanol–water partition coefficient (Wildman–Crippen LogP) is 3.25. The molecule has 0 bridgehead atoms. The first-order valence-electron chi connectivity index (χ1n) is 5.65. The topological polar surface area (TPSA) is 75.0 Å². The lowest BCUT2D eigenvalue weighted by molar-refractivity contribution is 0.0601. The summed E-state index contributed by atoms with van der Waals surface area (Å²) in [5.41, 5.74) is 1.73. The maximum absolute atomic E-state index is 11.3. The van der Waals surface area contributed by atoms with E-state index >= 15 is 0 Å². The zero-order chi connectivity index (χ0) is 14.5. The van der Waals surface area contributed by atoms with Gasteiger partial charge in [-0.25, -0.2) is 9.78 Å². The third-order valence-corrected chi connectivity index (χ3v) is 3.14. The van der Waals surface area contributed by atoms with E-state index < -0.39 is 0 Å². The second-order valence-electron chi connectivity index (χ2n) is 3.86. The van der Waals surface area contributed by atoms with Gasteiger partial charge in [-0.2, -0.15) is 5.26 Å². The lowest BCUT2D eigenvalue weighted by atomic mass is 10.2. The monoisotopic (exact) mass is 331 g/mol. The summed E-state index contributed by atoms with van der Waals surface area (Å²) < 4.78 is 5.32. The van der Waals surface area contributed by atoms with Gasteiger partial charge in [0.2, 0.25) is 0 Å². The van der Waals surface area contributed by atoms with E-state index in [1.165, 1.54) is 13.3 Å². The van der Waals surface area contributed by atoms with Crippen molar-refractivity contribution in [2.75, 3.05) is 12.4 Å². The number of nitriles is 1. The van der Waals surface area contributed by atoms with E-state index in [1.807, 2.05) is 6.07 Å². The zero-order valence-electron chi connectivity index (χ0n) is 10.6. The average Bonchev–Trinajstić information content (AvgIpc) is 2.49. The Balaban J connectivity index is 2.18. The first kappa shape index (κ1) is 14.0. The van der Waals surface area contributed by atoms with Gasteiger partial charge in [0.05, 0.1) is 22.7 Å². The quantitative estimate of drug-likeness (QED) is 0.874. The van der Waals surface area contributed by atoms with Gasteiger partial charge in [-0.15, -0.1) is 0 Å². The van der Waals surface area contributed by atoms with Gasteiger partial charge in [0.15, 0.2) is 0 Å². The first-order valence-corrected chi connectivity index (χ1v) is 6.44. The van der Waals surface area contributed by atoms with Gasteiger partial charge in [-0.05, 0) is 46.3 Å². The zero-order valence-corrected chi connectivity index (χ0v) is 12.1. The molecule has 0 saturated carbocycles. The highest BCUT2D eigenvalue weighted by Crippen LogP contribution is 2.24. The number of benzene rings is 1. The molecule has 2 rings (SSSR count). The van der Waals surface area contributed by atoms with Crippen molar-refractivity contribution in [3.05, 3.63) is 52.1 Å². The predicted molar refractivity (Wildman–Crippen MR) is 77.7 cm³/mol. The highest BCUT2D eigenvalue weighted by molar-refractivity contribution is 9.10. The molecule has 0 aliphatic heterocycles. The number of nitrogens with zero attached hydrogens (tertiary/aromatic N) is 2. The molecule has 0 fully saturated rings. The van der Waals surface area contributed by atoms with Gasteiger partial charge >= 0.3 is 5.97 Å². The van der Waals surface area contributed by atoms with E-state index in [9.17, 15) is 4.79 Å². The third kappa shape index (κ3) is 3.13. The summed E-state index contributed by atoms with van der Waals surface area (Å²) in [4.78, 5) is 15.5. The van der Waals surface area contributed by atoms with Crippen LogP contribution in [0.5, 0.6) is 0 Å². The van der Waals surface area contributed by atoms with Crippen molar-refractivity contribution < 1.29 is 9.53 Å². The van der Waals surface area contributed by atoms with Crippen molar-refractivity contribution in [3.8, 4) is 6.07 Å². The van der Waals surface area contributed by atoms with Gasteiger partial charge < -0.3 is 10.1 Å². The Morgan fingerprint density at radius 1 is 1.40 bits per heavy atom. The van der Waals surface area contributed by atoms with Crippen molar-refractivity contribution in [2.24, 2.45) is 0 Å². The fourth-order valence-corrected chi connectivity index (χ4v) is 1.98. The standard InChI is InChI=1S/C14H10BrN3O2/c1-20-14(19)10-2-4-11(5-3-10)18-13-12(15)6-9(7-16)8-17-13/h2-6,8H,1H3,(H,17,18). The number of hydrogen-bond donors (Lipinski definition) is 1. The number of carbonyl (C=O) groups excluding carboxylic acids is 1. The highest BCUT2D eigenvalue weighted by atomic mass is 79.9. The van der Waals surface area contributed by atoms with Gasteiger partial charge in [0.25, 0.3) is 0 Å². The normalized spacial score (nSPS) is 9.65. The molecule has 0 saturated heterocycles. The van der Waals surface area contributed by atoms with E-state index in [2.05, 4.69) is 31.0 Å². The minimum atomic E-state index is -0.380. The number of esters is 1. The molecular weight excluding hydrogens is 322 g/mol. The summed E-state index contributed by atoms with van der Waals surface area (Å²) in [6.07, 6.45) is 1.48. The molecule has 5 nitrogen and oxygen atoms in total. The molecule has 100 valence electrons. The SMILES string of the molecule is COC(=O)c1ccc(Nc2ncc(C#N)cc2Br)cc1. The number of methoxy groups -OCH3 is 1. The summed E-state index contributed by atoms with van der Waals surface area (Å²) in [6.45, 7) is 0. The molecular formula is C14H10BrN3O2. The maximum atomic E-state index is 11.3. The molecule has 1 aromatic heterocycles. The molecule has 0 radical (unpaired) electrons. The Kier molecular flexibility index (Phi) is 4.33. The first-order chi connectivity index (χ1) is 9.63. The molecule has 0 spiro atoms. The number of carbonyl (C=O) groups is 1. The van der Waals surface area contributed by atoms with Crippen LogP contribution in [0, 0.1) is 11.3 Å². The Morgan fingerprint density at radius 2 is 2.10 bits per heavy atom. The number of nitrogens with one attached hydrogen (secondary N) is 1. The van der Waals surface area contributed by atoms with Crippen LogP contribution in [0.15, 0.2) is 41.0 Å². The van der Waals surface area contributed by atoms with Gasteiger partial charge in [0.1, 0.15) is 11.9 Å². The van der Waals surface area contributed by atoms with Gasteiger partial charge in [-0.3, -0.25) is 0 Å². The Bertz CT molecular complexity index is 678. The number of rotatable bonds is 3. The molecule has 0 atom stereocenters. The summed E-state index contributed by atoms with van der Waals surface area (Å²) >= 11 is 3.34. The van der Waals surface area contributed by atoms with Crippen molar-refractivity contribution in [2.45, 2.75) is 0 Å². The Hall–Kier alpha value is -2.39. The van der Waals surface area contributed by atoms with Crippen LogP contribution < -0.4 is 5.32 Å². The highest BCUT2D eigenvalue weighted by Gasteiger charge is 2.06. The number of pyridine rings is 1. The Morgan fingerprint density at radius 3 is 2.65 bits per heavy atom. The van der Waals surface area contributed by atoms with E-state index in [0.29, 0.717) is 21.4 Å². The lowest BCUT2D eigenvalue weighted by Crippen LogP contribution is -2.01. The molecule has 6 heteroatoms. The van der Waals surface area contributed by atoms with Crippen LogP contribution in [0.4, 0.5) is 11.5 Å². The summed E-state index contributed by atoms with van der Waals surface area (Å²) in [5, 5.41) is 11.9. The molecule has 0 unspecified atom stereocenters. The molecule has 20 heavy (non-hydrogen) atoms. The lowest BCUT2D eigenvalue weighted by Gasteiger charge is -2.08. The van der Waals surface area contributed by atoms with Crippen LogP contribution in [-0.4, -0.2) is 18.1 Å². The van der Waals surface area contributed by atoms with Crippen LogP contribution >= 0.6 is 15.9 Å². The fourth-order valence-electron chi connectivity index (χ4n) is 1.54. The van der Waals surface area contributed by atoms with Crippen LogP contribution in [0.3, 0.4) is 0 Å². The number of halogens is 1. The minimum Gasteiger partial charge on any atom is -0.465 e. The molecule has 0 amide bonds. The Labute approximate surface area is 124 Å². The number of hydrogen-bond acceptors (Lipinski definition) is 5. The summed E-state index contributed by atoms with van der Waals surface area (Å²) in [5.74, 6) is 0.212. The molecule has 2 aromatic rings. The van der Waals surface area contributed by atoms with Crippen LogP contribution in [-0.2, 0) is 4.74 Å². The molecule has 0 aliphatic carbocycles. The van der Waals surface area contributed by atoms with Crippen molar-refractivity contribution in [3.63, 3.8) is 0 Å². The fraction of sp³-hybridized carbons (Fsp3) is 0.0714. The number of aromatic nitrogens is 1. The van der Waals surface area contributed by atoms with Crippen LogP contribution in [0.1, 0.15) is 15.9 Å². The number of anilines is 2. The largest absolute Gasteiger partial charge is 0.465 e. The second-order valence-corrected chi connectivity index (χ2v) is 4.71. The molecule has 1 heterocycles. The molecule has 1 N–H and O–H groups in total. The van der Waals surface area contributed by atoms with E-state index in [4.69, 9.17) is 5.26 Å².